The average Bonchev–Trinajstić information content (AvgIpc) is 2.91. The summed E-state index contributed by atoms with van der Waals surface area (Å²) in [7, 11) is 0. The first-order chi connectivity index (χ1) is 10.2. The number of carbonyl (C=O) groups is 1. The lowest BCUT2D eigenvalue weighted by molar-refractivity contribution is -0.138. The lowest BCUT2D eigenvalue weighted by Gasteiger charge is -2.06. The minimum Gasteiger partial charge on any atom is -0.480 e. The molecule has 3 N–H and O–H groups in total. The lowest BCUT2D eigenvalue weighted by Crippen LogP contribution is -2.30. The van der Waals surface area contributed by atoms with Crippen LogP contribution in [0.3, 0.4) is 0 Å². The van der Waals surface area contributed by atoms with Crippen molar-refractivity contribution >= 4 is 17.7 Å². The third-order valence-electron chi connectivity index (χ3n) is 2.90. The number of tetrazole rings is 1. The van der Waals surface area contributed by atoms with Gasteiger partial charge in [-0.15, -0.1) is 5.10 Å². The standard InChI is InChI=1S/C13H17N5O2S/c14-11(13(19)20)6-7-21-9-12-15-16-17-18(12)8-10-4-2-1-3-5-10/h1-5,11H,6-9,14H2,(H,19,20). The van der Waals surface area contributed by atoms with Crippen molar-refractivity contribution in [3.05, 3.63) is 41.7 Å². The molecule has 0 amide bonds. The van der Waals surface area contributed by atoms with Crippen LogP contribution in [0, 0.1) is 0 Å². The number of rotatable bonds is 8. The minimum atomic E-state index is -0.968. The van der Waals surface area contributed by atoms with Gasteiger partial charge in [-0.05, 0) is 28.2 Å². The fourth-order valence-corrected chi connectivity index (χ4v) is 2.66. The molecule has 2 aromatic rings. The van der Waals surface area contributed by atoms with Crippen molar-refractivity contribution in [2.24, 2.45) is 5.73 Å². The first-order valence-corrected chi connectivity index (χ1v) is 7.67. The predicted molar refractivity (Wildman–Crippen MR) is 79.8 cm³/mol. The van der Waals surface area contributed by atoms with Gasteiger partial charge in [0.05, 0.1) is 12.3 Å². The summed E-state index contributed by atoms with van der Waals surface area (Å²) in [6, 6.07) is 9.14. The first-order valence-electron chi connectivity index (χ1n) is 6.52. The molecule has 1 unspecified atom stereocenters. The third kappa shape index (κ3) is 4.83. The SMILES string of the molecule is NC(CCSCc1nnnn1Cc1ccccc1)C(=O)O. The summed E-state index contributed by atoms with van der Waals surface area (Å²) in [5.41, 5.74) is 6.58. The fourth-order valence-electron chi connectivity index (χ4n) is 1.70. The van der Waals surface area contributed by atoms with Gasteiger partial charge in [0.2, 0.25) is 0 Å². The number of aliphatic carboxylic acids is 1. The Kier molecular flexibility index (Phi) is 5.70. The molecule has 0 aliphatic carbocycles. The summed E-state index contributed by atoms with van der Waals surface area (Å²) in [5, 5.41) is 20.4. The molecule has 0 saturated heterocycles. The van der Waals surface area contributed by atoms with Crippen LogP contribution >= 0.6 is 11.8 Å². The predicted octanol–water partition coefficient (Wildman–Crippen LogP) is 0.757. The van der Waals surface area contributed by atoms with Gasteiger partial charge >= 0.3 is 5.97 Å². The van der Waals surface area contributed by atoms with Crippen molar-refractivity contribution in [3.63, 3.8) is 0 Å². The van der Waals surface area contributed by atoms with E-state index in [4.69, 9.17) is 10.8 Å². The number of thioether (sulfide) groups is 1. The van der Waals surface area contributed by atoms with E-state index in [-0.39, 0.29) is 0 Å². The highest BCUT2D eigenvalue weighted by Crippen LogP contribution is 2.12. The molecule has 0 fully saturated rings. The molecule has 1 heterocycles. The Hall–Kier alpha value is -1.93. The van der Waals surface area contributed by atoms with Crippen LogP contribution in [0.25, 0.3) is 0 Å². The second kappa shape index (κ2) is 7.75. The Morgan fingerprint density at radius 3 is 2.86 bits per heavy atom. The van der Waals surface area contributed by atoms with E-state index in [1.807, 2.05) is 30.3 Å². The van der Waals surface area contributed by atoms with Gasteiger partial charge in [0.25, 0.3) is 0 Å². The maximum atomic E-state index is 10.6. The zero-order chi connectivity index (χ0) is 15.1. The molecule has 0 spiro atoms. The van der Waals surface area contributed by atoms with Gasteiger partial charge in [0.1, 0.15) is 6.04 Å². The maximum Gasteiger partial charge on any atom is 0.320 e. The molecule has 1 aromatic heterocycles. The monoisotopic (exact) mass is 307 g/mol. The molecular weight excluding hydrogens is 290 g/mol. The highest BCUT2D eigenvalue weighted by Gasteiger charge is 2.11. The van der Waals surface area contributed by atoms with Gasteiger partial charge in [0, 0.05) is 0 Å². The van der Waals surface area contributed by atoms with Crippen LogP contribution in [-0.2, 0) is 17.1 Å². The maximum absolute atomic E-state index is 10.6. The zero-order valence-corrected chi connectivity index (χ0v) is 12.2. The molecule has 0 radical (unpaired) electrons. The topological polar surface area (TPSA) is 107 Å². The van der Waals surface area contributed by atoms with Crippen LogP contribution in [-0.4, -0.2) is 43.1 Å². The molecule has 1 aromatic carbocycles. The Balaban J connectivity index is 1.82. The molecule has 21 heavy (non-hydrogen) atoms. The largest absolute Gasteiger partial charge is 0.480 e. The Bertz CT molecular complexity index is 575. The summed E-state index contributed by atoms with van der Waals surface area (Å²) >= 11 is 1.57. The molecule has 112 valence electrons. The number of carboxylic acids is 1. The molecule has 0 saturated carbocycles. The number of hydrogen-bond acceptors (Lipinski definition) is 6. The second-order valence-electron chi connectivity index (χ2n) is 4.52. The quantitative estimate of drug-likeness (QED) is 0.693. The van der Waals surface area contributed by atoms with E-state index in [1.165, 1.54) is 0 Å². The van der Waals surface area contributed by atoms with E-state index in [0.717, 1.165) is 11.4 Å². The zero-order valence-electron chi connectivity index (χ0n) is 11.4. The number of nitrogens with zero attached hydrogens (tertiary/aromatic N) is 4. The van der Waals surface area contributed by atoms with E-state index in [1.54, 1.807) is 16.4 Å². The molecule has 7 nitrogen and oxygen atoms in total. The summed E-state index contributed by atoms with van der Waals surface area (Å²) in [5.74, 6) is 1.09. The smallest absolute Gasteiger partial charge is 0.320 e. The van der Waals surface area contributed by atoms with Crippen LogP contribution in [0.2, 0.25) is 0 Å². The molecule has 8 heteroatoms. The van der Waals surface area contributed by atoms with Gasteiger partial charge in [-0.25, -0.2) is 4.68 Å². The molecule has 2 rings (SSSR count). The Labute approximate surface area is 126 Å². The fraction of sp³-hybridized carbons (Fsp3) is 0.385. The van der Waals surface area contributed by atoms with E-state index >= 15 is 0 Å². The van der Waals surface area contributed by atoms with E-state index in [2.05, 4.69) is 15.5 Å². The molecule has 1 atom stereocenters. The van der Waals surface area contributed by atoms with Gasteiger partial charge < -0.3 is 10.8 Å². The van der Waals surface area contributed by atoms with Gasteiger partial charge in [-0.2, -0.15) is 11.8 Å². The number of nitrogens with two attached hydrogens (primary N) is 1. The average molecular weight is 307 g/mol. The van der Waals surface area contributed by atoms with Gasteiger partial charge in [0.15, 0.2) is 5.82 Å². The normalized spacial score (nSPS) is 12.2. The molecule has 0 aliphatic heterocycles. The molecule has 0 bridgehead atoms. The molecular formula is C13H17N5O2S. The number of carboxylic acid groups (broad SMARTS) is 1. The summed E-state index contributed by atoms with van der Waals surface area (Å²) in [6.07, 6.45) is 0.431. The van der Waals surface area contributed by atoms with Crippen LogP contribution in [0.1, 0.15) is 17.8 Å². The van der Waals surface area contributed by atoms with Crippen LogP contribution in [0.15, 0.2) is 30.3 Å². The number of aromatic nitrogens is 4. The van der Waals surface area contributed by atoms with Gasteiger partial charge in [-0.3, -0.25) is 4.79 Å². The number of hydrogen-bond donors (Lipinski definition) is 2. The second-order valence-corrected chi connectivity index (χ2v) is 5.63. The first kappa shape index (κ1) is 15.5. The number of benzene rings is 1. The minimum absolute atomic E-state index is 0.431. The van der Waals surface area contributed by atoms with Crippen LogP contribution < -0.4 is 5.73 Å². The van der Waals surface area contributed by atoms with Crippen molar-refractivity contribution in [3.8, 4) is 0 Å². The Morgan fingerprint density at radius 1 is 1.38 bits per heavy atom. The van der Waals surface area contributed by atoms with E-state index < -0.39 is 12.0 Å². The van der Waals surface area contributed by atoms with Crippen molar-refractivity contribution < 1.29 is 9.90 Å². The van der Waals surface area contributed by atoms with Crippen molar-refractivity contribution in [1.82, 2.24) is 20.2 Å². The lowest BCUT2D eigenvalue weighted by atomic mass is 10.2. The molecule has 0 aliphatic rings. The van der Waals surface area contributed by atoms with Crippen LogP contribution in [0.4, 0.5) is 0 Å². The van der Waals surface area contributed by atoms with Crippen molar-refractivity contribution in [2.45, 2.75) is 24.8 Å². The summed E-state index contributed by atoms with van der Waals surface area (Å²) in [6.45, 7) is 0.623. The van der Waals surface area contributed by atoms with Crippen LogP contribution in [0.5, 0.6) is 0 Å². The highest BCUT2D eigenvalue weighted by atomic mass is 32.2. The Morgan fingerprint density at radius 2 is 2.14 bits per heavy atom. The van der Waals surface area contributed by atoms with Gasteiger partial charge in [-0.1, -0.05) is 30.3 Å². The highest BCUT2D eigenvalue weighted by molar-refractivity contribution is 7.98. The van der Waals surface area contributed by atoms with Crippen molar-refractivity contribution in [1.29, 1.82) is 0 Å². The summed E-state index contributed by atoms with van der Waals surface area (Å²) in [4.78, 5) is 10.6. The van der Waals surface area contributed by atoms with Crippen molar-refractivity contribution in [2.75, 3.05) is 5.75 Å². The van der Waals surface area contributed by atoms with E-state index in [0.29, 0.717) is 24.5 Å². The summed E-state index contributed by atoms with van der Waals surface area (Å²) < 4.78 is 1.75. The van der Waals surface area contributed by atoms with E-state index in [9.17, 15) is 4.79 Å². The third-order valence-corrected chi connectivity index (χ3v) is 3.89.